The lowest BCUT2D eigenvalue weighted by molar-refractivity contribution is 0.0192. The molecule has 0 radical (unpaired) electrons. The van der Waals surface area contributed by atoms with E-state index in [1.165, 1.54) is 44.9 Å². The van der Waals surface area contributed by atoms with Gasteiger partial charge in [0.1, 0.15) is 0 Å². The van der Waals surface area contributed by atoms with Gasteiger partial charge in [0.15, 0.2) is 0 Å². The molecule has 2 nitrogen and oxygen atoms in total. The maximum atomic E-state index is 5.49. The zero-order chi connectivity index (χ0) is 11.4. The van der Waals surface area contributed by atoms with Crippen molar-refractivity contribution >= 4 is 0 Å². The molecule has 2 aliphatic rings. The lowest BCUT2D eigenvalue weighted by atomic mass is 9.65. The smallest absolute Gasteiger partial charge is 0.0469 e. The second kappa shape index (κ2) is 5.50. The molecule has 2 heteroatoms. The van der Waals surface area contributed by atoms with E-state index in [2.05, 4.69) is 19.3 Å². The van der Waals surface area contributed by atoms with Gasteiger partial charge in [-0.1, -0.05) is 26.2 Å². The maximum absolute atomic E-state index is 5.49. The Hall–Kier alpha value is -0.0800. The third kappa shape index (κ3) is 2.60. The van der Waals surface area contributed by atoms with E-state index in [9.17, 15) is 0 Å². The number of nitrogens with one attached hydrogen (secondary N) is 1. The molecule has 2 rings (SSSR count). The summed E-state index contributed by atoms with van der Waals surface area (Å²) in [6.07, 6.45) is 9.63. The van der Waals surface area contributed by atoms with Crippen molar-refractivity contribution in [3.63, 3.8) is 0 Å². The fraction of sp³-hybridized carbons (Fsp3) is 1.00. The Morgan fingerprint density at radius 1 is 1.12 bits per heavy atom. The van der Waals surface area contributed by atoms with Crippen LogP contribution in [0.2, 0.25) is 0 Å². The maximum Gasteiger partial charge on any atom is 0.0469 e. The molecule has 1 aliphatic heterocycles. The molecule has 1 aliphatic carbocycles. The van der Waals surface area contributed by atoms with Crippen LogP contribution < -0.4 is 5.32 Å². The SMILES string of the molecule is CNC(C1CCOCC1)C1(C)CCCCC1. The van der Waals surface area contributed by atoms with E-state index in [1.54, 1.807) is 0 Å². The van der Waals surface area contributed by atoms with Crippen LogP contribution >= 0.6 is 0 Å². The highest BCUT2D eigenvalue weighted by molar-refractivity contribution is 4.93. The van der Waals surface area contributed by atoms with Gasteiger partial charge in [0, 0.05) is 19.3 Å². The normalized spacial score (nSPS) is 28.9. The quantitative estimate of drug-likeness (QED) is 0.797. The van der Waals surface area contributed by atoms with E-state index in [-0.39, 0.29) is 0 Å². The molecule has 1 atom stereocenters. The van der Waals surface area contributed by atoms with Crippen LogP contribution in [0.1, 0.15) is 51.9 Å². The van der Waals surface area contributed by atoms with Gasteiger partial charge in [0.05, 0.1) is 0 Å². The van der Waals surface area contributed by atoms with Gasteiger partial charge in [0.2, 0.25) is 0 Å². The molecular formula is C14H27NO. The molecule has 1 heterocycles. The van der Waals surface area contributed by atoms with Crippen molar-refractivity contribution in [2.24, 2.45) is 11.3 Å². The molecule has 1 saturated carbocycles. The third-order valence-corrected chi connectivity index (χ3v) is 4.79. The van der Waals surface area contributed by atoms with Crippen molar-refractivity contribution in [2.45, 2.75) is 57.9 Å². The first-order valence-electron chi connectivity index (χ1n) is 7.01. The molecule has 1 unspecified atom stereocenters. The zero-order valence-corrected chi connectivity index (χ0v) is 10.9. The Balaban J connectivity index is 2.01. The van der Waals surface area contributed by atoms with Crippen LogP contribution in [0.25, 0.3) is 0 Å². The van der Waals surface area contributed by atoms with Crippen molar-refractivity contribution in [1.82, 2.24) is 5.32 Å². The Morgan fingerprint density at radius 3 is 2.31 bits per heavy atom. The van der Waals surface area contributed by atoms with Gasteiger partial charge in [-0.2, -0.15) is 0 Å². The molecule has 2 fully saturated rings. The standard InChI is InChI=1S/C14H27NO/c1-14(8-4-3-5-9-14)13(15-2)12-6-10-16-11-7-12/h12-13,15H,3-11H2,1-2H3. The van der Waals surface area contributed by atoms with Gasteiger partial charge in [0.25, 0.3) is 0 Å². The molecule has 0 aromatic carbocycles. The summed E-state index contributed by atoms with van der Waals surface area (Å²) in [5.41, 5.74) is 0.537. The predicted octanol–water partition coefficient (Wildman–Crippen LogP) is 2.97. The van der Waals surface area contributed by atoms with E-state index >= 15 is 0 Å². The molecule has 16 heavy (non-hydrogen) atoms. The summed E-state index contributed by atoms with van der Waals surface area (Å²) in [7, 11) is 2.15. The average molecular weight is 225 g/mol. The summed E-state index contributed by atoms with van der Waals surface area (Å²) < 4.78 is 5.49. The molecule has 0 aromatic rings. The van der Waals surface area contributed by atoms with Crippen molar-refractivity contribution in [3.05, 3.63) is 0 Å². The third-order valence-electron chi connectivity index (χ3n) is 4.79. The Kier molecular flexibility index (Phi) is 4.26. The van der Waals surface area contributed by atoms with Crippen LogP contribution in [0.5, 0.6) is 0 Å². The summed E-state index contributed by atoms with van der Waals surface area (Å²) in [5.74, 6) is 0.835. The number of ether oxygens (including phenoxy) is 1. The highest BCUT2D eigenvalue weighted by Crippen LogP contribution is 2.42. The van der Waals surface area contributed by atoms with Crippen LogP contribution in [0.4, 0.5) is 0 Å². The molecule has 0 spiro atoms. The number of hydrogen-bond acceptors (Lipinski definition) is 2. The van der Waals surface area contributed by atoms with Crippen molar-refractivity contribution < 1.29 is 4.74 Å². The van der Waals surface area contributed by atoms with Crippen LogP contribution in [-0.4, -0.2) is 26.3 Å². The van der Waals surface area contributed by atoms with Crippen molar-refractivity contribution in [3.8, 4) is 0 Å². The topological polar surface area (TPSA) is 21.3 Å². The van der Waals surface area contributed by atoms with Crippen LogP contribution in [-0.2, 0) is 4.74 Å². The molecule has 0 bridgehead atoms. The van der Waals surface area contributed by atoms with Crippen LogP contribution in [0, 0.1) is 11.3 Å². The Morgan fingerprint density at radius 2 is 1.75 bits per heavy atom. The molecule has 94 valence electrons. The van der Waals surface area contributed by atoms with E-state index in [4.69, 9.17) is 4.74 Å². The molecule has 0 amide bonds. The minimum Gasteiger partial charge on any atom is -0.381 e. The summed E-state index contributed by atoms with van der Waals surface area (Å²) in [6.45, 7) is 4.45. The first kappa shape index (κ1) is 12.4. The zero-order valence-electron chi connectivity index (χ0n) is 10.9. The summed E-state index contributed by atoms with van der Waals surface area (Å²) in [4.78, 5) is 0. The number of hydrogen-bond donors (Lipinski definition) is 1. The van der Waals surface area contributed by atoms with Gasteiger partial charge >= 0.3 is 0 Å². The van der Waals surface area contributed by atoms with Gasteiger partial charge in [-0.25, -0.2) is 0 Å². The largest absolute Gasteiger partial charge is 0.381 e. The van der Waals surface area contributed by atoms with E-state index in [1.807, 2.05) is 0 Å². The summed E-state index contributed by atoms with van der Waals surface area (Å²) >= 11 is 0. The average Bonchev–Trinajstić information content (AvgIpc) is 2.32. The second-order valence-corrected chi connectivity index (χ2v) is 5.93. The van der Waals surface area contributed by atoms with E-state index in [0.29, 0.717) is 11.5 Å². The predicted molar refractivity (Wildman–Crippen MR) is 67.6 cm³/mol. The Labute approximate surface area is 100 Å². The molecule has 1 saturated heterocycles. The fourth-order valence-electron chi connectivity index (χ4n) is 3.87. The van der Waals surface area contributed by atoms with Crippen molar-refractivity contribution in [2.75, 3.05) is 20.3 Å². The minimum absolute atomic E-state index is 0.537. The summed E-state index contributed by atoms with van der Waals surface area (Å²) in [6, 6.07) is 0.705. The molecule has 1 N–H and O–H groups in total. The first-order valence-corrected chi connectivity index (χ1v) is 7.01. The highest BCUT2D eigenvalue weighted by atomic mass is 16.5. The van der Waals surface area contributed by atoms with Crippen LogP contribution in [0.3, 0.4) is 0 Å². The molecular weight excluding hydrogens is 198 g/mol. The van der Waals surface area contributed by atoms with E-state index in [0.717, 1.165) is 19.1 Å². The number of rotatable bonds is 3. The fourth-order valence-corrected chi connectivity index (χ4v) is 3.87. The van der Waals surface area contributed by atoms with Gasteiger partial charge in [-0.3, -0.25) is 0 Å². The summed E-state index contributed by atoms with van der Waals surface area (Å²) in [5, 5.41) is 3.63. The van der Waals surface area contributed by atoms with Gasteiger partial charge in [-0.15, -0.1) is 0 Å². The first-order chi connectivity index (χ1) is 7.76. The van der Waals surface area contributed by atoms with Gasteiger partial charge in [-0.05, 0) is 44.1 Å². The highest BCUT2D eigenvalue weighted by Gasteiger charge is 2.39. The second-order valence-electron chi connectivity index (χ2n) is 5.93. The van der Waals surface area contributed by atoms with Gasteiger partial charge < -0.3 is 10.1 Å². The minimum atomic E-state index is 0.537. The monoisotopic (exact) mass is 225 g/mol. The lowest BCUT2D eigenvalue weighted by Gasteiger charge is -2.45. The van der Waals surface area contributed by atoms with Crippen molar-refractivity contribution in [1.29, 1.82) is 0 Å². The van der Waals surface area contributed by atoms with E-state index < -0.39 is 0 Å². The Bertz CT molecular complexity index is 205. The molecule has 0 aromatic heterocycles. The van der Waals surface area contributed by atoms with Crippen LogP contribution in [0.15, 0.2) is 0 Å². The lowest BCUT2D eigenvalue weighted by Crippen LogP contribution is -2.49.